The van der Waals surface area contributed by atoms with Crippen LogP contribution in [-0.4, -0.2) is 30.9 Å². The molecule has 0 unspecified atom stereocenters. The Hall–Kier alpha value is -1.67. The lowest BCUT2D eigenvalue weighted by atomic mass is 10.2. The maximum absolute atomic E-state index is 12.5. The highest BCUT2D eigenvalue weighted by molar-refractivity contribution is 7.89. The Morgan fingerprint density at radius 1 is 1.04 bits per heavy atom. The lowest BCUT2D eigenvalue weighted by Gasteiger charge is -2.18. The molecule has 0 aliphatic carbocycles. The van der Waals surface area contributed by atoms with Crippen molar-refractivity contribution >= 4 is 44.6 Å². The maximum atomic E-state index is 12.5. The van der Waals surface area contributed by atoms with Gasteiger partial charge in [0, 0.05) is 30.3 Å². The third-order valence-corrected chi connectivity index (χ3v) is 6.38. The number of nitrogens with zero attached hydrogens (tertiary/aromatic N) is 1. The van der Waals surface area contributed by atoms with Gasteiger partial charge in [0.05, 0.1) is 4.90 Å². The first-order valence-electron chi connectivity index (χ1n) is 8.26. The van der Waals surface area contributed by atoms with Crippen LogP contribution in [0.3, 0.4) is 0 Å². The van der Waals surface area contributed by atoms with Gasteiger partial charge in [-0.15, -0.1) is 0 Å². The molecular weight excluding hydrogens is 390 g/mol. The van der Waals surface area contributed by atoms with Crippen LogP contribution in [0.5, 0.6) is 0 Å². The fourth-order valence-corrected chi connectivity index (χ4v) is 4.16. The van der Waals surface area contributed by atoms with E-state index in [1.54, 1.807) is 36.4 Å². The predicted molar refractivity (Wildman–Crippen MR) is 111 cm³/mol. The van der Waals surface area contributed by atoms with Crippen LogP contribution in [0.25, 0.3) is 0 Å². The molecule has 140 valence electrons. The summed E-state index contributed by atoms with van der Waals surface area (Å²) >= 11 is 11.1. The second-order valence-electron chi connectivity index (χ2n) is 5.55. The van der Waals surface area contributed by atoms with Crippen LogP contribution < -0.4 is 10.6 Å². The Morgan fingerprint density at radius 2 is 1.62 bits per heavy atom. The smallest absolute Gasteiger partial charge is 0.243 e. The van der Waals surface area contributed by atoms with Crippen LogP contribution in [0.15, 0.2) is 53.4 Å². The van der Waals surface area contributed by atoms with Gasteiger partial charge in [-0.3, -0.25) is 0 Å². The van der Waals surface area contributed by atoms with Crippen LogP contribution in [0.2, 0.25) is 5.02 Å². The monoisotopic (exact) mass is 411 g/mol. The van der Waals surface area contributed by atoms with E-state index in [4.69, 9.17) is 23.8 Å². The fourth-order valence-electron chi connectivity index (χ4n) is 2.38. The SMILES string of the molecule is CCN(CC)S(=O)(=O)c1ccc(CNC(=S)Nc2ccc(Cl)cc2)cc1. The number of anilines is 1. The summed E-state index contributed by atoms with van der Waals surface area (Å²) in [5.74, 6) is 0. The van der Waals surface area contributed by atoms with Crippen molar-refractivity contribution in [3.05, 3.63) is 59.1 Å². The van der Waals surface area contributed by atoms with E-state index in [0.717, 1.165) is 11.3 Å². The van der Waals surface area contributed by atoms with Crippen LogP contribution in [0, 0.1) is 0 Å². The van der Waals surface area contributed by atoms with E-state index in [2.05, 4.69) is 10.6 Å². The van der Waals surface area contributed by atoms with Crippen molar-refractivity contribution in [3.8, 4) is 0 Å². The standard InChI is InChI=1S/C18H22ClN3O2S2/c1-3-22(4-2)26(23,24)17-11-5-14(6-12-17)13-20-18(25)21-16-9-7-15(19)8-10-16/h5-12H,3-4,13H2,1-2H3,(H2,20,21,25). The molecule has 0 radical (unpaired) electrons. The minimum absolute atomic E-state index is 0.298. The van der Waals surface area contributed by atoms with Crippen molar-refractivity contribution in [3.63, 3.8) is 0 Å². The first-order valence-corrected chi connectivity index (χ1v) is 10.5. The average molecular weight is 412 g/mol. The summed E-state index contributed by atoms with van der Waals surface area (Å²) < 4.78 is 26.4. The normalized spacial score (nSPS) is 11.4. The van der Waals surface area contributed by atoms with E-state index in [0.29, 0.717) is 34.7 Å². The number of halogens is 1. The van der Waals surface area contributed by atoms with E-state index in [1.807, 2.05) is 26.0 Å². The zero-order valence-electron chi connectivity index (χ0n) is 14.7. The highest BCUT2D eigenvalue weighted by Gasteiger charge is 2.21. The summed E-state index contributed by atoms with van der Waals surface area (Å²) in [5, 5.41) is 7.30. The molecule has 0 amide bonds. The second-order valence-corrected chi connectivity index (χ2v) is 8.33. The van der Waals surface area contributed by atoms with Gasteiger partial charge in [-0.05, 0) is 54.2 Å². The third-order valence-electron chi connectivity index (χ3n) is 3.82. The molecule has 2 aromatic carbocycles. The highest BCUT2D eigenvalue weighted by atomic mass is 35.5. The molecule has 5 nitrogen and oxygen atoms in total. The molecule has 0 aliphatic rings. The molecule has 0 saturated carbocycles. The molecule has 0 aliphatic heterocycles. The summed E-state index contributed by atoms with van der Waals surface area (Å²) in [6.45, 7) is 5.05. The Bertz CT molecular complexity index is 834. The molecule has 0 heterocycles. The Labute approximate surface area is 165 Å². The van der Waals surface area contributed by atoms with Gasteiger partial charge in [0.15, 0.2) is 5.11 Å². The minimum Gasteiger partial charge on any atom is -0.358 e. The summed E-state index contributed by atoms with van der Waals surface area (Å²) in [5.41, 5.74) is 1.77. The second kappa shape index (κ2) is 9.32. The van der Waals surface area contributed by atoms with E-state index >= 15 is 0 Å². The summed E-state index contributed by atoms with van der Waals surface area (Å²) in [4.78, 5) is 0.298. The van der Waals surface area contributed by atoms with Gasteiger partial charge in [0.1, 0.15) is 0 Å². The van der Waals surface area contributed by atoms with E-state index in [9.17, 15) is 8.42 Å². The molecular formula is C18H22ClN3O2S2. The zero-order chi connectivity index (χ0) is 19.2. The molecule has 0 saturated heterocycles. The van der Waals surface area contributed by atoms with Gasteiger partial charge in [-0.1, -0.05) is 37.6 Å². The van der Waals surface area contributed by atoms with E-state index < -0.39 is 10.0 Å². The summed E-state index contributed by atoms with van der Waals surface area (Å²) in [7, 11) is -3.43. The van der Waals surface area contributed by atoms with Gasteiger partial charge in [0.2, 0.25) is 10.0 Å². The topological polar surface area (TPSA) is 61.4 Å². The van der Waals surface area contributed by atoms with Crippen LogP contribution in [-0.2, 0) is 16.6 Å². The molecule has 0 fully saturated rings. The van der Waals surface area contributed by atoms with E-state index in [-0.39, 0.29) is 0 Å². The third kappa shape index (κ3) is 5.41. The largest absolute Gasteiger partial charge is 0.358 e. The van der Waals surface area contributed by atoms with Crippen molar-refractivity contribution in [2.24, 2.45) is 0 Å². The molecule has 0 spiro atoms. The number of hydrogen-bond acceptors (Lipinski definition) is 3. The first kappa shape index (κ1) is 20.6. The predicted octanol–water partition coefficient (Wildman–Crippen LogP) is 3.86. The number of rotatable bonds is 7. The van der Waals surface area contributed by atoms with Crippen molar-refractivity contribution < 1.29 is 8.42 Å². The minimum atomic E-state index is -3.43. The van der Waals surface area contributed by atoms with Gasteiger partial charge in [0.25, 0.3) is 0 Å². The van der Waals surface area contributed by atoms with Gasteiger partial charge >= 0.3 is 0 Å². The quantitative estimate of drug-likeness (QED) is 0.677. The van der Waals surface area contributed by atoms with Gasteiger partial charge in [-0.25, -0.2) is 8.42 Å². The Balaban J connectivity index is 1.94. The van der Waals surface area contributed by atoms with Crippen molar-refractivity contribution in [2.75, 3.05) is 18.4 Å². The molecule has 0 bridgehead atoms. The van der Waals surface area contributed by atoms with Crippen molar-refractivity contribution in [1.82, 2.24) is 9.62 Å². The number of benzene rings is 2. The number of sulfonamides is 1. The van der Waals surface area contributed by atoms with Gasteiger partial charge in [-0.2, -0.15) is 4.31 Å². The molecule has 0 aromatic heterocycles. The molecule has 26 heavy (non-hydrogen) atoms. The Kier molecular flexibility index (Phi) is 7.40. The molecule has 0 atom stereocenters. The molecule has 2 rings (SSSR count). The number of hydrogen-bond donors (Lipinski definition) is 2. The van der Waals surface area contributed by atoms with E-state index in [1.165, 1.54) is 4.31 Å². The van der Waals surface area contributed by atoms with Crippen LogP contribution >= 0.6 is 23.8 Å². The first-order chi connectivity index (χ1) is 12.4. The zero-order valence-corrected chi connectivity index (χ0v) is 17.1. The van der Waals surface area contributed by atoms with Crippen LogP contribution in [0.1, 0.15) is 19.4 Å². The summed E-state index contributed by atoms with van der Waals surface area (Å²) in [6.07, 6.45) is 0. The van der Waals surface area contributed by atoms with Crippen molar-refractivity contribution in [2.45, 2.75) is 25.3 Å². The lowest BCUT2D eigenvalue weighted by molar-refractivity contribution is 0.445. The van der Waals surface area contributed by atoms with Gasteiger partial charge < -0.3 is 10.6 Å². The Morgan fingerprint density at radius 3 is 2.15 bits per heavy atom. The summed E-state index contributed by atoms with van der Waals surface area (Å²) in [6, 6.07) is 14.1. The lowest BCUT2D eigenvalue weighted by Crippen LogP contribution is -2.30. The highest BCUT2D eigenvalue weighted by Crippen LogP contribution is 2.16. The fraction of sp³-hybridized carbons (Fsp3) is 0.278. The number of nitrogens with one attached hydrogen (secondary N) is 2. The molecule has 2 N–H and O–H groups in total. The maximum Gasteiger partial charge on any atom is 0.243 e. The van der Waals surface area contributed by atoms with Crippen LogP contribution in [0.4, 0.5) is 5.69 Å². The number of thiocarbonyl (C=S) groups is 1. The average Bonchev–Trinajstić information content (AvgIpc) is 2.63. The molecule has 2 aromatic rings. The van der Waals surface area contributed by atoms with Crippen molar-refractivity contribution in [1.29, 1.82) is 0 Å². The molecule has 8 heteroatoms.